The first kappa shape index (κ1) is 15.4. The molecule has 1 atom stereocenters. The highest BCUT2D eigenvalue weighted by Crippen LogP contribution is 2.36. The van der Waals surface area contributed by atoms with Crippen molar-refractivity contribution in [1.29, 1.82) is 0 Å². The Bertz CT molecular complexity index is 550. The maximum atomic E-state index is 6.42. The van der Waals surface area contributed by atoms with Crippen LogP contribution in [0.4, 0.5) is 0 Å². The van der Waals surface area contributed by atoms with Gasteiger partial charge in [0, 0.05) is 4.88 Å². The number of aryl methyl sites for hydroxylation is 1. The van der Waals surface area contributed by atoms with Gasteiger partial charge in [0.2, 0.25) is 0 Å². The van der Waals surface area contributed by atoms with Crippen LogP contribution >= 0.6 is 22.9 Å². The molecule has 1 aromatic carbocycles. The monoisotopic (exact) mass is 309 g/mol. The van der Waals surface area contributed by atoms with Gasteiger partial charge in [-0.15, -0.1) is 11.3 Å². The molecular weight excluding hydrogens is 290 g/mol. The maximum absolute atomic E-state index is 6.42. The van der Waals surface area contributed by atoms with Crippen LogP contribution in [-0.2, 0) is 0 Å². The van der Waals surface area contributed by atoms with Gasteiger partial charge in [-0.2, -0.15) is 0 Å². The van der Waals surface area contributed by atoms with Gasteiger partial charge in [0.25, 0.3) is 0 Å². The van der Waals surface area contributed by atoms with Crippen molar-refractivity contribution in [1.82, 2.24) is 5.32 Å². The highest BCUT2D eigenvalue weighted by Gasteiger charge is 2.19. The van der Waals surface area contributed by atoms with Gasteiger partial charge in [-0.3, -0.25) is 0 Å². The lowest BCUT2D eigenvalue weighted by atomic mass is 10.0. The number of benzene rings is 1. The number of hydrogen-bond acceptors (Lipinski definition) is 3. The van der Waals surface area contributed by atoms with Crippen LogP contribution in [0, 0.1) is 6.92 Å². The Kier molecular flexibility index (Phi) is 5.46. The lowest BCUT2D eigenvalue weighted by molar-refractivity contribution is 0.340. The number of thiophene rings is 1. The van der Waals surface area contributed by atoms with E-state index in [-0.39, 0.29) is 6.04 Å². The van der Waals surface area contributed by atoms with E-state index in [1.807, 2.05) is 26.0 Å². The SMILES string of the molecule is CCNC(c1ccc(OCC)cc1)c1scc(C)c1Cl. The number of nitrogens with one attached hydrogen (secondary N) is 1. The van der Waals surface area contributed by atoms with Crippen molar-refractivity contribution in [2.45, 2.75) is 26.8 Å². The number of ether oxygens (including phenoxy) is 1. The lowest BCUT2D eigenvalue weighted by Gasteiger charge is -2.18. The molecule has 0 saturated carbocycles. The highest BCUT2D eigenvalue weighted by atomic mass is 35.5. The van der Waals surface area contributed by atoms with Gasteiger partial charge in [-0.1, -0.05) is 30.7 Å². The van der Waals surface area contributed by atoms with E-state index in [0.717, 1.165) is 22.9 Å². The van der Waals surface area contributed by atoms with Gasteiger partial charge in [0.15, 0.2) is 0 Å². The molecule has 2 aromatic rings. The highest BCUT2D eigenvalue weighted by molar-refractivity contribution is 7.10. The van der Waals surface area contributed by atoms with Crippen LogP contribution in [0.5, 0.6) is 5.75 Å². The smallest absolute Gasteiger partial charge is 0.119 e. The zero-order valence-electron chi connectivity index (χ0n) is 12.1. The molecule has 0 amide bonds. The molecule has 0 aliphatic carbocycles. The minimum Gasteiger partial charge on any atom is -0.494 e. The van der Waals surface area contributed by atoms with Crippen molar-refractivity contribution in [3.8, 4) is 5.75 Å². The van der Waals surface area contributed by atoms with Crippen LogP contribution in [0.15, 0.2) is 29.6 Å². The Balaban J connectivity index is 2.30. The van der Waals surface area contributed by atoms with E-state index in [9.17, 15) is 0 Å². The Hall–Kier alpha value is -1.03. The Morgan fingerprint density at radius 2 is 1.95 bits per heavy atom. The molecular formula is C16H20ClNOS. The minimum absolute atomic E-state index is 0.141. The summed E-state index contributed by atoms with van der Waals surface area (Å²) in [6.07, 6.45) is 0. The molecule has 1 aromatic heterocycles. The van der Waals surface area contributed by atoms with E-state index in [1.165, 1.54) is 10.4 Å². The van der Waals surface area contributed by atoms with Crippen molar-refractivity contribution in [2.75, 3.05) is 13.2 Å². The van der Waals surface area contributed by atoms with Crippen LogP contribution in [0.1, 0.15) is 35.9 Å². The minimum atomic E-state index is 0.141. The van der Waals surface area contributed by atoms with E-state index in [2.05, 4.69) is 29.8 Å². The molecule has 108 valence electrons. The topological polar surface area (TPSA) is 21.3 Å². The van der Waals surface area contributed by atoms with E-state index in [1.54, 1.807) is 11.3 Å². The van der Waals surface area contributed by atoms with Gasteiger partial charge >= 0.3 is 0 Å². The number of rotatable bonds is 6. The second kappa shape index (κ2) is 7.11. The molecule has 20 heavy (non-hydrogen) atoms. The number of halogens is 1. The predicted molar refractivity (Wildman–Crippen MR) is 87.2 cm³/mol. The van der Waals surface area contributed by atoms with Crippen LogP contribution < -0.4 is 10.1 Å². The van der Waals surface area contributed by atoms with E-state index in [4.69, 9.17) is 16.3 Å². The summed E-state index contributed by atoms with van der Waals surface area (Å²) in [4.78, 5) is 1.18. The van der Waals surface area contributed by atoms with Crippen LogP contribution in [0.3, 0.4) is 0 Å². The standard InChI is InChI=1S/C16H20ClNOS/c1-4-18-15(16-14(17)11(3)10-20-16)12-6-8-13(9-7-12)19-5-2/h6-10,15,18H,4-5H2,1-3H3. The van der Waals surface area contributed by atoms with Gasteiger partial charge in [0.1, 0.15) is 5.75 Å². The molecule has 1 heterocycles. The van der Waals surface area contributed by atoms with Crippen LogP contribution in [0.2, 0.25) is 5.02 Å². The normalized spacial score (nSPS) is 12.4. The summed E-state index contributed by atoms with van der Waals surface area (Å²) < 4.78 is 5.49. The fourth-order valence-corrected chi connectivity index (χ4v) is 3.54. The third-order valence-corrected chi connectivity index (χ3v) is 4.90. The quantitative estimate of drug-likeness (QED) is 0.827. The summed E-state index contributed by atoms with van der Waals surface area (Å²) in [5.74, 6) is 0.903. The number of hydrogen-bond donors (Lipinski definition) is 1. The third-order valence-electron chi connectivity index (χ3n) is 3.12. The summed E-state index contributed by atoms with van der Waals surface area (Å²) in [5.41, 5.74) is 2.35. The predicted octanol–water partition coefficient (Wildman–Crippen LogP) is 4.81. The van der Waals surface area contributed by atoms with Crippen molar-refractivity contribution >= 4 is 22.9 Å². The van der Waals surface area contributed by atoms with Gasteiger partial charge in [0.05, 0.1) is 17.7 Å². The Morgan fingerprint density at radius 1 is 1.25 bits per heavy atom. The Labute approximate surface area is 129 Å². The lowest BCUT2D eigenvalue weighted by Crippen LogP contribution is -2.21. The maximum Gasteiger partial charge on any atom is 0.119 e. The molecule has 0 aliphatic heterocycles. The fourth-order valence-electron chi connectivity index (χ4n) is 2.13. The molecule has 0 spiro atoms. The first-order valence-electron chi connectivity index (χ1n) is 6.87. The first-order valence-corrected chi connectivity index (χ1v) is 8.12. The van der Waals surface area contributed by atoms with E-state index < -0.39 is 0 Å². The largest absolute Gasteiger partial charge is 0.494 e. The van der Waals surface area contributed by atoms with Crippen molar-refractivity contribution < 1.29 is 4.74 Å². The molecule has 1 unspecified atom stereocenters. The first-order chi connectivity index (χ1) is 9.67. The Morgan fingerprint density at radius 3 is 2.45 bits per heavy atom. The molecule has 0 bridgehead atoms. The molecule has 0 aliphatic rings. The van der Waals surface area contributed by atoms with Crippen LogP contribution in [0.25, 0.3) is 0 Å². The van der Waals surface area contributed by atoms with Crippen LogP contribution in [-0.4, -0.2) is 13.2 Å². The molecule has 2 rings (SSSR count). The second-order valence-electron chi connectivity index (χ2n) is 4.59. The molecule has 0 fully saturated rings. The summed E-state index contributed by atoms with van der Waals surface area (Å²) in [5, 5.41) is 6.48. The van der Waals surface area contributed by atoms with E-state index >= 15 is 0 Å². The molecule has 4 heteroatoms. The van der Waals surface area contributed by atoms with Crippen molar-refractivity contribution in [3.05, 3.63) is 50.7 Å². The van der Waals surface area contributed by atoms with Gasteiger partial charge < -0.3 is 10.1 Å². The second-order valence-corrected chi connectivity index (χ2v) is 5.88. The van der Waals surface area contributed by atoms with Crippen molar-refractivity contribution in [3.63, 3.8) is 0 Å². The summed E-state index contributed by atoms with van der Waals surface area (Å²) in [6.45, 7) is 7.72. The van der Waals surface area contributed by atoms with Crippen molar-refractivity contribution in [2.24, 2.45) is 0 Å². The molecule has 2 nitrogen and oxygen atoms in total. The van der Waals surface area contributed by atoms with Gasteiger partial charge in [-0.05, 0) is 49.0 Å². The summed E-state index contributed by atoms with van der Waals surface area (Å²) in [6, 6.07) is 8.37. The average molecular weight is 310 g/mol. The zero-order valence-corrected chi connectivity index (χ0v) is 13.6. The van der Waals surface area contributed by atoms with Gasteiger partial charge in [-0.25, -0.2) is 0 Å². The third kappa shape index (κ3) is 3.35. The molecule has 0 saturated heterocycles. The molecule has 0 radical (unpaired) electrons. The molecule has 1 N–H and O–H groups in total. The zero-order chi connectivity index (χ0) is 14.5. The van der Waals surface area contributed by atoms with E-state index in [0.29, 0.717) is 6.61 Å². The summed E-state index contributed by atoms with van der Waals surface area (Å²) in [7, 11) is 0. The average Bonchev–Trinajstić information content (AvgIpc) is 2.78. The summed E-state index contributed by atoms with van der Waals surface area (Å²) >= 11 is 8.12. The fraction of sp³-hybridized carbons (Fsp3) is 0.375.